The Kier molecular flexibility index (Phi) is 5.25. The first-order valence-corrected chi connectivity index (χ1v) is 11.1. The number of nitrogens with one attached hydrogen (secondary N) is 1. The Morgan fingerprint density at radius 3 is 2.45 bits per heavy atom. The van der Waals surface area contributed by atoms with Crippen LogP contribution in [0.1, 0.15) is 23.3 Å². The molecule has 5 aromatic rings. The van der Waals surface area contributed by atoms with Gasteiger partial charge in [0.15, 0.2) is 5.16 Å². The summed E-state index contributed by atoms with van der Waals surface area (Å²) >= 11 is 1.33. The summed E-state index contributed by atoms with van der Waals surface area (Å²) in [5.41, 5.74) is 1.36. The van der Waals surface area contributed by atoms with E-state index in [2.05, 4.69) is 4.98 Å². The number of aromatic amines is 1. The van der Waals surface area contributed by atoms with Gasteiger partial charge in [-0.25, -0.2) is 4.98 Å². The molecule has 4 nitrogen and oxygen atoms in total. The number of fused-ring (bicyclic) bond motifs is 3. The molecular weight excluding hydrogens is 447 g/mol. The van der Waals surface area contributed by atoms with E-state index in [0.717, 1.165) is 28.6 Å². The van der Waals surface area contributed by atoms with Crippen LogP contribution in [0, 0.1) is 0 Å². The molecule has 1 atom stereocenters. The Hall–Kier alpha value is -3.52. The molecule has 33 heavy (non-hydrogen) atoms. The van der Waals surface area contributed by atoms with Crippen molar-refractivity contribution in [2.45, 2.75) is 23.5 Å². The molecule has 0 saturated carbocycles. The molecule has 1 unspecified atom stereocenters. The van der Waals surface area contributed by atoms with Crippen LogP contribution in [0.3, 0.4) is 0 Å². The van der Waals surface area contributed by atoms with E-state index in [1.165, 1.54) is 28.5 Å². The number of thioether (sulfide) groups is 1. The van der Waals surface area contributed by atoms with Gasteiger partial charge in [0.05, 0.1) is 11.3 Å². The van der Waals surface area contributed by atoms with Crippen molar-refractivity contribution in [2.24, 2.45) is 0 Å². The Morgan fingerprint density at radius 2 is 1.70 bits per heavy atom. The van der Waals surface area contributed by atoms with E-state index in [1.807, 2.05) is 61.5 Å². The summed E-state index contributed by atoms with van der Waals surface area (Å²) in [5.74, 6) is 0. The molecule has 0 bridgehead atoms. The highest BCUT2D eigenvalue weighted by Gasteiger charge is 2.31. The van der Waals surface area contributed by atoms with Crippen LogP contribution in [-0.4, -0.2) is 14.5 Å². The summed E-state index contributed by atoms with van der Waals surface area (Å²) in [6, 6.07) is 21.8. The van der Waals surface area contributed by atoms with Crippen LogP contribution in [0.4, 0.5) is 13.2 Å². The van der Waals surface area contributed by atoms with E-state index < -0.39 is 17.3 Å². The lowest BCUT2D eigenvalue weighted by Crippen LogP contribution is -2.22. The van der Waals surface area contributed by atoms with Crippen LogP contribution >= 0.6 is 11.8 Å². The van der Waals surface area contributed by atoms with Crippen LogP contribution in [0.15, 0.2) is 88.8 Å². The van der Waals surface area contributed by atoms with Crippen LogP contribution in [0.2, 0.25) is 0 Å². The van der Waals surface area contributed by atoms with E-state index >= 15 is 0 Å². The predicted molar refractivity (Wildman–Crippen MR) is 125 cm³/mol. The van der Waals surface area contributed by atoms with Gasteiger partial charge in [0.1, 0.15) is 11.0 Å². The van der Waals surface area contributed by atoms with Gasteiger partial charge < -0.3 is 4.98 Å². The first kappa shape index (κ1) is 21.3. The highest BCUT2D eigenvalue weighted by Crippen LogP contribution is 2.36. The van der Waals surface area contributed by atoms with Crippen LogP contribution in [0.5, 0.6) is 0 Å². The molecule has 2 heterocycles. The fraction of sp³-hybridized carbons (Fsp3) is 0.120. The lowest BCUT2D eigenvalue weighted by atomic mass is 10.2. The number of para-hydroxylation sites is 1. The van der Waals surface area contributed by atoms with Crippen molar-refractivity contribution in [1.29, 1.82) is 0 Å². The highest BCUT2D eigenvalue weighted by molar-refractivity contribution is 7.99. The lowest BCUT2D eigenvalue weighted by Gasteiger charge is -2.17. The van der Waals surface area contributed by atoms with E-state index in [4.69, 9.17) is 4.98 Å². The Morgan fingerprint density at radius 1 is 0.970 bits per heavy atom. The summed E-state index contributed by atoms with van der Waals surface area (Å²) in [6.07, 6.45) is -4.52. The van der Waals surface area contributed by atoms with Gasteiger partial charge in [0, 0.05) is 16.2 Å². The second-order valence-electron chi connectivity index (χ2n) is 7.65. The SMILES string of the molecule is CC(Sc1nc2c([nH]c3ccccc32)c(=O)n1-c1cccc(C(F)(F)F)c1)c1ccccc1. The molecule has 1 N–H and O–H groups in total. The average Bonchev–Trinajstić information content (AvgIpc) is 3.18. The zero-order valence-electron chi connectivity index (χ0n) is 17.4. The number of aromatic nitrogens is 3. The molecule has 166 valence electrons. The van der Waals surface area contributed by atoms with Crippen LogP contribution in [0.25, 0.3) is 27.6 Å². The van der Waals surface area contributed by atoms with Crippen molar-refractivity contribution >= 4 is 33.7 Å². The molecule has 0 spiro atoms. The van der Waals surface area contributed by atoms with Crippen molar-refractivity contribution in [2.75, 3.05) is 0 Å². The topological polar surface area (TPSA) is 50.7 Å². The number of hydrogen-bond donors (Lipinski definition) is 1. The lowest BCUT2D eigenvalue weighted by molar-refractivity contribution is -0.137. The van der Waals surface area contributed by atoms with Crippen molar-refractivity contribution in [1.82, 2.24) is 14.5 Å². The third kappa shape index (κ3) is 3.91. The van der Waals surface area contributed by atoms with Gasteiger partial charge >= 0.3 is 6.18 Å². The molecule has 0 aliphatic rings. The van der Waals surface area contributed by atoms with Gasteiger partial charge in [-0.15, -0.1) is 0 Å². The predicted octanol–water partition coefficient (Wildman–Crippen LogP) is 6.74. The van der Waals surface area contributed by atoms with Crippen molar-refractivity contribution < 1.29 is 13.2 Å². The zero-order valence-corrected chi connectivity index (χ0v) is 18.2. The van der Waals surface area contributed by atoms with E-state index in [-0.39, 0.29) is 16.5 Å². The summed E-state index contributed by atoms with van der Waals surface area (Å²) in [7, 11) is 0. The van der Waals surface area contributed by atoms with Gasteiger partial charge in [-0.1, -0.05) is 66.4 Å². The zero-order chi connectivity index (χ0) is 23.2. The summed E-state index contributed by atoms with van der Waals surface area (Å²) < 4.78 is 41.4. The minimum absolute atomic E-state index is 0.0854. The molecule has 3 aromatic carbocycles. The van der Waals surface area contributed by atoms with E-state index in [9.17, 15) is 18.0 Å². The summed E-state index contributed by atoms with van der Waals surface area (Å²) in [6.45, 7) is 1.97. The summed E-state index contributed by atoms with van der Waals surface area (Å²) in [4.78, 5) is 21.5. The fourth-order valence-corrected chi connectivity index (χ4v) is 4.87. The first-order valence-electron chi connectivity index (χ1n) is 10.3. The third-order valence-corrected chi connectivity index (χ3v) is 6.59. The Labute approximate surface area is 191 Å². The molecule has 0 saturated heterocycles. The minimum Gasteiger partial charge on any atom is -0.349 e. The molecule has 8 heteroatoms. The molecule has 0 aliphatic heterocycles. The van der Waals surface area contributed by atoms with Crippen LogP contribution < -0.4 is 5.56 Å². The second-order valence-corrected chi connectivity index (χ2v) is 8.96. The Balaban J connectivity index is 1.76. The van der Waals surface area contributed by atoms with Gasteiger partial charge in [-0.05, 0) is 36.8 Å². The van der Waals surface area contributed by atoms with Gasteiger partial charge in [0.25, 0.3) is 5.56 Å². The monoisotopic (exact) mass is 465 g/mol. The average molecular weight is 466 g/mol. The minimum atomic E-state index is -4.52. The van der Waals surface area contributed by atoms with E-state index in [1.54, 1.807) is 0 Å². The molecule has 5 rings (SSSR count). The van der Waals surface area contributed by atoms with E-state index in [0.29, 0.717) is 10.7 Å². The molecular formula is C25H18F3N3OS. The molecule has 2 aromatic heterocycles. The molecule has 0 radical (unpaired) electrons. The molecule has 0 fully saturated rings. The maximum absolute atomic E-state index is 13.6. The maximum Gasteiger partial charge on any atom is 0.416 e. The first-order chi connectivity index (χ1) is 15.8. The number of rotatable bonds is 4. The number of alkyl halides is 3. The highest BCUT2D eigenvalue weighted by atomic mass is 32.2. The Bertz CT molecular complexity index is 1520. The summed E-state index contributed by atoms with van der Waals surface area (Å²) in [5, 5.41) is 1.03. The maximum atomic E-state index is 13.6. The van der Waals surface area contributed by atoms with Gasteiger partial charge in [-0.3, -0.25) is 9.36 Å². The van der Waals surface area contributed by atoms with Crippen molar-refractivity contribution in [3.05, 3.63) is 100 Å². The standard InChI is InChI=1S/C25H18F3N3OS/c1-15(16-8-3-2-4-9-16)33-24-30-21-19-12-5-6-13-20(19)29-22(21)23(32)31(24)18-11-7-10-17(14-18)25(26,27)28/h2-15,29H,1H3. The molecule has 0 amide bonds. The van der Waals surface area contributed by atoms with Crippen molar-refractivity contribution in [3.63, 3.8) is 0 Å². The smallest absolute Gasteiger partial charge is 0.349 e. The van der Waals surface area contributed by atoms with Gasteiger partial charge in [-0.2, -0.15) is 13.2 Å². The number of nitrogens with zero attached hydrogens (tertiary/aromatic N) is 2. The molecule has 0 aliphatic carbocycles. The van der Waals surface area contributed by atoms with Gasteiger partial charge in [0.2, 0.25) is 0 Å². The number of benzene rings is 3. The van der Waals surface area contributed by atoms with Crippen molar-refractivity contribution in [3.8, 4) is 5.69 Å². The van der Waals surface area contributed by atoms with Crippen LogP contribution in [-0.2, 0) is 6.18 Å². The largest absolute Gasteiger partial charge is 0.416 e. The quantitative estimate of drug-likeness (QED) is 0.236. The fourth-order valence-electron chi connectivity index (χ4n) is 3.82. The number of H-pyrrole nitrogens is 1. The third-order valence-electron chi connectivity index (χ3n) is 5.48. The number of hydrogen-bond acceptors (Lipinski definition) is 3. The normalized spacial score (nSPS) is 13.0. The second kappa shape index (κ2) is 8.12. The number of halogens is 3.